The maximum atomic E-state index is 12.6. The second-order valence-corrected chi connectivity index (χ2v) is 11.1. The number of thiocarbonyl (C=S) groups is 1. The maximum Gasteiger partial charge on any atom is 0.573 e. The molecule has 4 aromatic rings. The van der Waals surface area contributed by atoms with E-state index in [0.29, 0.717) is 34.1 Å². The molecule has 0 saturated carbocycles. The van der Waals surface area contributed by atoms with E-state index in [0.717, 1.165) is 40.8 Å². The summed E-state index contributed by atoms with van der Waals surface area (Å²) in [6, 6.07) is 19.2. The van der Waals surface area contributed by atoms with Gasteiger partial charge >= 0.3 is 6.36 Å². The van der Waals surface area contributed by atoms with Crippen molar-refractivity contribution < 1.29 is 22.7 Å². The van der Waals surface area contributed by atoms with Gasteiger partial charge in [0.05, 0.1) is 17.1 Å². The lowest BCUT2D eigenvalue weighted by Crippen LogP contribution is -2.32. The van der Waals surface area contributed by atoms with Crippen LogP contribution in [0.3, 0.4) is 0 Å². The number of carbonyl (C=O) groups excluding carboxylic acids is 1. The number of ether oxygens (including phenoxy) is 1. The predicted molar refractivity (Wildman–Crippen MR) is 166 cm³/mol. The molecule has 0 bridgehead atoms. The van der Waals surface area contributed by atoms with E-state index in [4.69, 9.17) is 12.2 Å². The molecule has 1 N–H and O–H groups in total. The zero-order valence-electron chi connectivity index (χ0n) is 23.3. The van der Waals surface area contributed by atoms with Gasteiger partial charge in [0.2, 0.25) is 5.91 Å². The molecular formula is C30H27F3N6O2S2. The average Bonchev–Trinajstić information content (AvgIpc) is 3.59. The lowest BCUT2D eigenvalue weighted by Gasteiger charge is -2.19. The highest BCUT2D eigenvalue weighted by molar-refractivity contribution is 8.15. The summed E-state index contributed by atoms with van der Waals surface area (Å²) in [6.45, 7) is 4.58. The van der Waals surface area contributed by atoms with Crippen molar-refractivity contribution >= 4 is 45.9 Å². The minimum atomic E-state index is -4.74. The topological polar surface area (TPSA) is 84.6 Å². The Labute approximate surface area is 256 Å². The second kappa shape index (κ2) is 13.0. The molecule has 0 atom stereocenters. The zero-order chi connectivity index (χ0) is 30.6. The van der Waals surface area contributed by atoms with Crippen LogP contribution in [0.5, 0.6) is 5.75 Å². The van der Waals surface area contributed by atoms with Crippen molar-refractivity contribution in [3.05, 3.63) is 89.7 Å². The SMILES string of the molecule is Cc1ccc(C)c(N2C(=O)CS/C2=N\C(=S)NCCCc2ccc(-c3ncn(-c4ccc(OC(F)(F)F)cc4)n3)cc2)c1. The van der Waals surface area contributed by atoms with Gasteiger partial charge in [-0.3, -0.25) is 9.69 Å². The lowest BCUT2D eigenvalue weighted by molar-refractivity contribution is -0.274. The van der Waals surface area contributed by atoms with E-state index in [1.165, 1.54) is 47.0 Å². The number of nitrogens with one attached hydrogen (secondary N) is 1. The largest absolute Gasteiger partial charge is 0.573 e. The van der Waals surface area contributed by atoms with Crippen molar-refractivity contribution in [2.75, 3.05) is 17.2 Å². The number of carbonyl (C=O) groups is 1. The van der Waals surface area contributed by atoms with Gasteiger partial charge in [-0.25, -0.2) is 9.67 Å². The van der Waals surface area contributed by atoms with Crippen LogP contribution in [-0.2, 0) is 11.2 Å². The Morgan fingerprint density at radius 2 is 1.84 bits per heavy atom. The number of hydrogen-bond acceptors (Lipinski definition) is 6. The molecule has 8 nitrogen and oxygen atoms in total. The van der Waals surface area contributed by atoms with Crippen molar-refractivity contribution in [1.29, 1.82) is 0 Å². The number of amides is 1. The van der Waals surface area contributed by atoms with E-state index in [-0.39, 0.29) is 11.7 Å². The number of aryl methyl sites for hydroxylation is 3. The number of benzene rings is 3. The Kier molecular flexibility index (Phi) is 9.11. The Bertz CT molecular complexity index is 1650. The molecule has 0 unspecified atom stereocenters. The molecule has 1 aliphatic heterocycles. The van der Waals surface area contributed by atoms with Crippen molar-refractivity contribution in [3.63, 3.8) is 0 Å². The highest BCUT2D eigenvalue weighted by Gasteiger charge is 2.32. The van der Waals surface area contributed by atoms with Gasteiger partial charge in [0.15, 0.2) is 16.1 Å². The minimum absolute atomic E-state index is 0.0146. The van der Waals surface area contributed by atoms with E-state index >= 15 is 0 Å². The first-order valence-corrected chi connectivity index (χ1v) is 14.7. The van der Waals surface area contributed by atoms with Gasteiger partial charge in [-0.1, -0.05) is 48.2 Å². The summed E-state index contributed by atoms with van der Waals surface area (Å²) in [5.74, 6) is 0.501. The molecule has 1 aromatic heterocycles. The molecule has 222 valence electrons. The van der Waals surface area contributed by atoms with Crippen LogP contribution in [0.15, 0.2) is 78.0 Å². The molecule has 43 heavy (non-hydrogen) atoms. The van der Waals surface area contributed by atoms with Gasteiger partial charge in [0.25, 0.3) is 0 Å². The van der Waals surface area contributed by atoms with Gasteiger partial charge in [0, 0.05) is 12.1 Å². The molecule has 0 radical (unpaired) electrons. The summed E-state index contributed by atoms with van der Waals surface area (Å²) >= 11 is 6.82. The number of halogens is 3. The number of thioether (sulfide) groups is 1. The number of aliphatic imine (C=N–C) groups is 1. The first kappa shape index (κ1) is 30.2. The number of rotatable bonds is 8. The highest BCUT2D eigenvalue weighted by atomic mass is 32.2. The van der Waals surface area contributed by atoms with Crippen LogP contribution < -0.4 is 15.0 Å². The summed E-state index contributed by atoms with van der Waals surface area (Å²) in [4.78, 5) is 23.1. The van der Waals surface area contributed by atoms with Gasteiger partial charge < -0.3 is 10.1 Å². The van der Waals surface area contributed by atoms with E-state index in [1.807, 2.05) is 56.3 Å². The van der Waals surface area contributed by atoms with Crippen LogP contribution in [0, 0.1) is 13.8 Å². The fourth-order valence-corrected chi connectivity index (χ4v) is 5.51. The molecule has 0 spiro atoms. The summed E-state index contributed by atoms with van der Waals surface area (Å²) in [5, 5.41) is 8.53. The second-order valence-electron chi connectivity index (χ2n) is 9.79. The number of nitrogens with zero attached hydrogens (tertiary/aromatic N) is 5. The number of aromatic nitrogens is 3. The molecule has 1 amide bonds. The van der Waals surface area contributed by atoms with Crippen molar-refractivity contribution in [1.82, 2.24) is 20.1 Å². The Hall–Kier alpha value is -4.23. The van der Waals surface area contributed by atoms with E-state index in [2.05, 4.69) is 25.1 Å². The summed E-state index contributed by atoms with van der Waals surface area (Å²) < 4.78 is 42.6. The fourth-order valence-electron chi connectivity index (χ4n) is 4.40. The van der Waals surface area contributed by atoms with Crippen LogP contribution in [0.1, 0.15) is 23.1 Å². The Morgan fingerprint density at radius 1 is 1.09 bits per heavy atom. The highest BCUT2D eigenvalue weighted by Crippen LogP contribution is 2.30. The van der Waals surface area contributed by atoms with Crippen molar-refractivity contribution in [2.24, 2.45) is 4.99 Å². The third kappa shape index (κ3) is 7.79. The zero-order valence-corrected chi connectivity index (χ0v) is 24.9. The molecule has 1 fully saturated rings. The number of hydrogen-bond donors (Lipinski definition) is 1. The number of anilines is 1. The number of alkyl halides is 3. The monoisotopic (exact) mass is 624 g/mol. The first-order chi connectivity index (χ1) is 20.6. The van der Waals surface area contributed by atoms with Crippen LogP contribution in [0.2, 0.25) is 0 Å². The third-order valence-corrected chi connectivity index (χ3v) is 7.68. The van der Waals surface area contributed by atoms with Crippen LogP contribution in [0.4, 0.5) is 18.9 Å². The minimum Gasteiger partial charge on any atom is -0.406 e. The van der Waals surface area contributed by atoms with Gasteiger partial charge in [0.1, 0.15) is 12.1 Å². The van der Waals surface area contributed by atoms with Crippen LogP contribution in [-0.4, -0.2) is 49.6 Å². The molecular weight excluding hydrogens is 597 g/mol. The molecule has 13 heteroatoms. The smallest absolute Gasteiger partial charge is 0.406 e. The quantitative estimate of drug-likeness (QED) is 0.180. The normalized spacial score (nSPS) is 14.4. The van der Waals surface area contributed by atoms with Crippen LogP contribution in [0.25, 0.3) is 17.1 Å². The third-order valence-electron chi connectivity index (χ3n) is 6.53. The molecule has 2 heterocycles. The molecule has 0 aliphatic carbocycles. The van der Waals surface area contributed by atoms with Crippen LogP contribution >= 0.6 is 24.0 Å². The van der Waals surface area contributed by atoms with E-state index in [1.54, 1.807) is 4.90 Å². The van der Waals surface area contributed by atoms with E-state index in [9.17, 15) is 18.0 Å². The summed E-state index contributed by atoms with van der Waals surface area (Å²) in [7, 11) is 0. The van der Waals surface area contributed by atoms with Gasteiger partial charge in [-0.2, -0.15) is 4.99 Å². The molecule has 1 aliphatic rings. The maximum absolute atomic E-state index is 12.6. The summed E-state index contributed by atoms with van der Waals surface area (Å²) in [5.41, 5.74) is 5.38. The van der Waals surface area contributed by atoms with Gasteiger partial charge in [-0.05, 0) is 85.9 Å². The van der Waals surface area contributed by atoms with E-state index < -0.39 is 6.36 Å². The molecule has 5 rings (SSSR count). The average molecular weight is 625 g/mol. The molecule has 1 saturated heterocycles. The summed E-state index contributed by atoms with van der Waals surface area (Å²) in [6.07, 6.45) is -1.62. The lowest BCUT2D eigenvalue weighted by atomic mass is 10.1. The van der Waals surface area contributed by atoms with Crippen molar-refractivity contribution in [3.8, 4) is 22.8 Å². The molecule has 3 aromatic carbocycles. The Morgan fingerprint density at radius 3 is 2.56 bits per heavy atom. The first-order valence-electron chi connectivity index (χ1n) is 13.3. The predicted octanol–water partition coefficient (Wildman–Crippen LogP) is 6.39. The van der Waals surface area contributed by atoms with Crippen molar-refractivity contribution in [2.45, 2.75) is 33.1 Å². The van der Waals surface area contributed by atoms with Gasteiger partial charge in [-0.15, -0.1) is 18.3 Å². The fraction of sp³-hybridized carbons (Fsp3) is 0.233. The number of amidine groups is 1. The Balaban J connectivity index is 1.12. The standard InChI is InChI=1S/C30H27F3N6O2S2/c1-19-5-6-20(2)25(16-19)39-26(40)17-43-29(39)36-28(42)34-15-3-4-21-7-9-22(10-8-21)27-35-18-38(37-27)23-11-13-24(14-12-23)41-30(31,32)33/h5-14,16,18H,3-4,15,17H2,1-2H3,(H,34,42)/b36-29-.